The SMILES string of the molecule is Cc1sc2ncnc(NCCCC(=O)Nc3ccc(F)cc3F)c2c1-c1ccccc1. The molecule has 8 heteroatoms. The van der Waals surface area contributed by atoms with Gasteiger partial charge >= 0.3 is 0 Å². The molecular formula is C23H20F2N4OS. The summed E-state index contributed by atoms with van der Waals surface area (Å²) in [4.78, 5) is 23.0. The standard InChI is InChI=1S/C23H20F2N4OS/c1-14-20(15-6-3-2-4-7-15)21-22(27-13-28-23(21)31-14)26-11-5-8-19(30)29-18-10-9-16(24)12-17(18)25/h2-4,6-7,9-10,12-13H,5,8,11H2,1H3,(H,29,30)(H,26,27,28). The van der Waals surface area contributed by atoms with Crippen LogP contribution in [0.15, 0.2) is 54.9 Å². The van der Waals surface area contributed by atoms with E-state index in [0.29, 0.717) is 13.0 Å². The van der Waals surface area contributed by atoms with Crippen molar-refractivity contribution in [1.82, 2.24) is 9.97 Å². The molecule has 2 aromatic heterocycles. The van der Waals surface area contributed by atoms with Crippen LogP contribution in [0.25, 0.3) is 21.3 Å². The first-order valence-corrected chi connectivity index (χ1v) is 10.6. The number of benzene rings is 2. The Morgan fingerprint density at radius 1 is 1.10 bits per heavy atom. The van der Waals surface area contributed by atoms with Gasteiger partial charge in [0.05, 0.1) is 11.1 Å². The lowest BCUT2D eigenvalue weighted by Crippen LogP contribution is -2.14. The lowest BCUT2D eigenvalue weighted by Gasteiger charge is -2.10. The van der Waals surface area contributed by atoms with E-state index in [0.717, 1.165) is 44.2 Å². The van der Waals surface area contributed by atoms with Crippen molar-refractivity contribution in [2.24, 2.45) is 0 Å². The van der Waals surface area contributed by atoms with Gasteiger partial charge in [-0.05, 0) is 31.0 Å². The summed E-state index contributed by atoms with van der Waals surface area (Å²) >= 11 is 1.62. The van der Waals surface area contributed by atoms with Gasteiger partial charge in [-0.1, -0.05) is 30.3 Å². The fourth-order valence-electron chi connectivity index (χ4n) is 3.39. The van der Waals surface area contributed by atoms with Gasteiger partial charge in [-0.3, -0.25) is 4.79 Å². The van der Waals surface area contributed by atoms with Crippen LogP contribution in [0.1, 0.15) is 17.7 Å². The minimum atomic E-state index is -0.795. The molecule has 0 aliphatic rings. The first-order chi connectivity index (χ1) is 15.0. The van der Waals surface area contributed by atoms with Crippen molar-refractivity contribution in [1.29, 1.82) is 0 Å². The Morgan fingerprint density at radius 2 is 1.90 bits per heavy atom. The number of thiophene rings is 1. The van der Waals surface area contributed by atoms with E-state index < -0.39 is 11.6 Å². The molecule has 0 bridgehead atoms. The van der Waals surface area contributed by atoms with Gasteiger partial charge in [-0.15, -0.1) is 11.3 Å². The molecule has 4 rings (SSSR count). The van der Waals surface area contributed by atoms with Crippen molar-refractivity contribution in [3.05, 3.63) is 71.4 Å². The van der Waals surface area contributed by atoms with Crippen LogP contribution < -0.4 is 10.6 Å². The quantitative estimate of drug-likeness (QED) is 0.359. The number of hydrogen-bond donors (Lipinski definition) is 2. The highest BCUT2D eigenvalue weighted by Crippen LogP contribution is 2.40. The third-order valence-electron chi connectivity index (χ3n) is 4.81. The number of nitrogens with zero attached hydrogens (tertiary/aromatic N) is 2. The van der Waals surface area contributed by atoms with E-state index in [1.165, 1.54) is 12.4 Å². The zero-order chi connectivity index (χ0) is 21.8. The molecule has 4 aromatic rings. The van der Waals surface area contributed by atoms with Crippen LogP contribution in [0.2, 0.25) is 0 Å². The van der Waals surface area contributed by atoms with Gasteiger partial charge in [0.25, 0.3) is 0 Å². The summed E-state index contributed by atoms with van der Waals surface area (Å²) in [6.45, 7) is 2.58. The van der Waals surface area contributed by atoms with Gasteiger partial charge in [-0.2, -0.15) is 0 Å². The zero-order valence-electron chi connectivity index (χ0n) is 16.8. The third kappa shape index (κ3) is 4.69. The van der Waals surface area contributed by atoms with Crippen LogP contribution in [0.4, 0.5) is 20.3 Å². The van der Waals surface area contributed by atoms with Crippen molar-refractivity contribution in [3.8, 4) is 11.1 Å². The van der Waals surface area contributed by atoms with Gasteiger partial charge < -0.3 is 10.6 Å². The van der Waals surface area contributed by atoms with Crippen LogP contribution in [0.5, 0.6) is 0 Å². The molecule has 0 saturated heterocycles. The second-order valence-corrected chi connectivity index (χ2v) is 8.21. The van der Waals surface area contributed by atoms with Gasteiger partial charge in [0.1, 0.15) is 28.6 Å². The van der Waals surface area contributed by atoms with Gasteiger partial charge in [-0.25, -0.2) is 18.7 Å². The molecule has 31 heavy (non-hydrogen) atoms. The maximum absolute atomic E-state index is 13.7. The zero-order valence-corrected chi connectivity index (χ0v) is 17.6. The minimum Gasteiger partial charge on any atom is -0.369 e. The van der Waals surface area contributed by atoms with E-state index in [9.17, 15) is 13.6 Å². The first kappa shape index (κ1) is 20.9. The Morgan fingerprint density at radius 3 is 2.68 bits per heavy atom. The normalized spacial score (nSPS) is 10.9. The highest BCUT2D eigenvalue weighted by atomic mass is 32.1. The van der Waals surface area contributed by atoms with Crippen molar-refractivity contribution in [2.45, 2.75) is 19.8 Å². The van der Waals surface area contributed by atoms with Crippen LogP contribution >= 0.6 is 11.3 Å². The Kier molecular flexibility index (Phi) is 6.18. The van der Waals surface area contributed by atoms with Crippen molar-refractivity contribution in [3.63, 3.8) is 0 Å². The average Bonchev–Trinajstić information content (AvgIpc) is 3.10. The monoisotopic (exact) mass is 438 g/mol. The van der Waals surface area contributed by atoms with Crippen LogP contribution in [-0.4, -0.2) is 22.4 Å². The maximum Gasteiger partial charge on any atom is 0.224 e. The van der Waals surface area contributed by atoms with Gasteiger partial charge in [0, 0.05) is 29.5 Å². The van der Waals surface area contributed by atoms with E-state index in [4.69, 9.17) is 0 Å². The van der Waals surface area contributed by atoms with Gasteiger partial charge in [0.2, 0.25) is 5.91 Å². The fourth-order valence-corrected chi connectivity index (χ4v) is 4.40. The maximum atomic E-state index is 13.7. The molecule has 0 spiro atoms. The Bertz CT molecular complexity index is 1230. The summed E-state index contributed by atoms with van der Waals surface area (Å²) in [5.74, 6) is -1.10. The number of hydrogen-bond acceptors (Lipinski definition) is 5. The number of amides is 1. The molecule has 0 saturated carbocycles. The van der Waals surface area contributed by atoms with E-state index in [2.05, 4.69) is 39.7 Å². The van der Waals surface area contributed by atoms with Crippen molar-refractivity contribution >= 4 is 39.0 Å². The number of halogens is 2. The van der Waals surface area contributed by atoms with Crippen molar-refractivity contribution in [2.75, 3.05) is 17.2 Å². The smallest absolute Gasteiger partial charge is 0.224 e. The van der Waals surface area contributed by atoms with Crippen LogP contribution in [-0.2, 0) is 4.79 Å². The number of aromatic nitrogens is 2. The van der Waals surface area contributed by atoms with Crippen molar-refractivity contribution < 1.29 is 13.6 Å². The minimum absolute atomic E-state index is 0.0295. The second kappa shape index (κ2) is 9.18. The highest BCUT2D eigenvalue weighted by molar-refractivity contribution is 7.19. The number of carbonyl (C=O) groups is 1. The molecule has 0 unspecified atom stereocenters. The third-order valence-corrected chi connectivity index (χ3v) is 5.82. The Hall–Kier alpha value is -3.39. The number of aryl methyl sites for hydroxylation is 1. The summed E-state index contributed by atoms with van der Waals surface area (Å²) in [6, 6.07) is 13.1. The lowest BCUT2D eigenvalue weighted by atomic mass is 10.0. The molecule has 1 amide bonds. The Labute approximate surface area is 182 Å². The molecule has 2 heterocycles. The predicted octanol–water partition coefficient (Wildman–Crippen LogP) is 5.78. The summed E-state index contributed by atoms with van der Waals surface area (Å²) in [6.07, 6.45) is 2.23. The Balaban J connectivity index is 1.42. The molecule has 2 aromatic carbocycles. The fraction of sp³-hybridized carbons (Fsp3) is 0.174. The molecular weight excluding hydrogens is 418 g/mol. The molecule has 2 N–H and O–H groups in total. The van der Waals surface area contributed by atoms with E-state index in [1.807, 2.05) is 18.2 Å². The summed E-state index contributed by atoms with van der Waals surface area (Å²) in [5.41, 5.74) is 2.18. The molecule has 5 nitrogen and oxygen atoms in total. The molecule has 0 aliphatic heterocycles. The molecule has 0 atom stereocenters. The topological polar surface area (TPSA) is 66.9 Å². The predicted molar refractivity (Wildman–Crippen MR) is 120 cm³/mol. The number of anilines is 2. The van der Waals surface area contributed by atoms with E-state index in [-0.39, 0.29) is 18.0 Å². The summed E-state index contributed by atoms with van der Waals surface area (Å²) < 4.78 is 26.6. The summed E-state index contributed by atoms with van der Waals surface area (Å²) in [5, 5.41) is 6.74. The molecule has 0 aliphatic carbocycles. The van der Waals surface area contributed by atoms with Gasteiger partial charge in [0.15, 0.2) is 0 Å². The van der Waals surface area contributed by atoms with E-state index >= 15 is 0 Å². The average molecular weight is 439 g/mol. The number of fused-ring (bicyclic) bond motifs is 1. The summed E-state index contributed by atoms with van der Waals surface area (Å²) in [7, 11) is 0. The number of rotatable bonds is 7. The largest absolute Gasteiger partial charge is 0.369 e. The first-order valence-electron chi connectivity index (χ1n) is 9.81. The molecule has 0 radical (unpaired) electrons. The number of nitrogens with one attached hydrogen (secondary N) is 2. The van der Waals surface area contributed by atoms with E-state index in [1.54, 1.807) is 11.3 Å². The highest BCUT2D eigenvalue weighted by Gasteiger charge is 2.16. The molecule has 158 valence electrons. The number of carbonyl (C=O) groups excluding carboxylic acids is 1. The molecule has 0 fully saturated rings. The van der Waals surface area contributed by atoms with Crippen LogP contribution in [0, 0.1) is 18.6 Å². The second-order valence-electron chi connectivity index (χ2n) is 7.00. The van der Waals surface area contributed by atoms with Crippen LogP contribution in [0.3, 0.4) is 0 Å². The lowest BCUT2D eigenvalue weighted by molar-refractivity contribution is -0.116.